The molecule has 2 N–H and O–H groups in total. The zero-order valence-electron chi connectivity index (χ0n) is 8.16. The maximum atomic E-state index is 10.5. The van der Waals surface area contributed by atoms with Crippen molar-refractivity contribution in [3.05, 3.63) is 48.0 Å². The van der Waals surface area contributed by atoms with Gasteiger partial charge in [-0.3, -0.25) is 0 Å². The minimum absolute atomic E-state index is 0.406. The van der Waals surface area contributed by atoms with E-state index in [-0.39, 0.29) is 0 Å². The lowest BCUT2D eigenvalue weighted by atomic mass is 10.0. The third-order valence-electron chi connectivity index (χ3n) is 2.32. The summed E-state index contributed by atoms with van der Waals surface area (Å²) in [4.78, 5) is 10.5. The number of amides is 2. The smallest absolute Gasteiger partial charge is 0.333 e. The molecule has 2 aromatic rings. The Morgan fingerprint density at radius 2 is 1.87 bits per heavy atom. The highest BCUT2D eigenvalue weighted by Gasteiger charge is 2.00. The maximum absolute atomic E-state index is 10.5. The molecule has 0 saturated heterocycles. The Morgan fingerprint density at radius 1 is 1.13 bits per heavy atom. The summed E-state index contributed by atoms with van der Waals surface area (Å²) in [5.41, 5.74) is 7.82. The van der Waals surface area contributed by atoms with Gasteiger partial charge in [-0.25, -0.2) is 10.5 Å². The summed E-state index contributed by atoms with van der Waals surface area (Å²) >= 11 is 0. The molecule has 0 aliphatic carbocycles. The van der Waals surface area contributed by atoms with Crippen LogP contribution in [0.5, 0.6) is 0 Å². The molecular formula is C12H11N2O. The first-order valence-corrected chi connectivity index (χ1v) is 4.73. The quantitative estimate of drug-likeness (QED) is 0.792. The first-order valence-electron chi connectivity index (χ1n) is 4.73. The number of hydrogen-bond donors (Lipinski definition) is 1. The van der Waals surface area contributed by atoms with E-state index in [2.05, 4.69) is 5.32 Å². The molecule has 0 aliphatic rings. The van der Waals surface area contributed by atoms with E-state index < -0.39 is 6.03 Å². The van der Waals surface area contributed by atoms with Gasteiger partial charge in [0.05, 0.1) is 0 Å². The predicted octanol–water partition coefficient (Wildman–Crippen LogP) is 2.33. The average Bonchev–Trinajstić information content (AvgIpc) is 2.26. The van der Waals surface area contributed by atoms with Crippen molar-refractivity contribution in [3.8, 4) is 0 Å². The molecule has 75 valence electrons. The Labute approximate surface area is 87.9 Å². The Balaban J connectivity index is 2.38. The van der Waals surface area contributed by atoms with Crippen LogP contribution in [0.2, 0.25) is 0 Å². The van der Waals surface area contributed by atoms with Crippen LogP contribution in [0.1, 0.15) is 5.56 Å². The van der Waals surface area contributed by atoms with E-state index in [1.54, 1.807) is 0 Å². The average molecular weight is 199 g/mol. The van der Waals surface area contributed by atoms with Gasteiger partial charge >= 0.3 is 6.03 Å². The fourth-order valence-corrected chi connectivity index (χ4v) is 1.62. The molecule has 2 aromatic carbocycles. The molecule has 0 unspecified atom stereocenters. The van der Waals surface area contributed by atoms with Gasteiger partial charge in [0.25, 0.3) is 0 Å². The van der Waals surface area contributed by atoms with E-state index in [0.717, 1.165) is 16.3 Å². The highest BCUT2D eigenvalue weighted by Crippen LogP contribution is 2.17. The summed E-state index contributed by atoms with van der Waals surface area (Å²) in [6.45, 7) is 0.406. The molecule has 0 saturated carbocycles. The Bertz CT molecular complexity index is 488. The topological polar surface area (TPSA) is 52.9 Å². The lowest BCUT2D eigenvalue weighted by molar-refractivity contribution is 0.247. The molecule has 0 spiro atoms. The number of hydrogen-bond acceptors (Lipinski definition) is 1. The third kappa shape index (κ3) is 2.07. The Hall–Kier alpha value is -2.03. The molecule has 0 aliphatic heterocycles. The molecule has 0 aromatic heterocycles. The molecule has 0 atom stereocenters. The fraction of sp³-hybridized carbons (Fsp3) is 0.0833. The summed E-state index contributed by atoms with van der Waals surface area (Å²) < 4.78 is 0. The van der Waals surface area contributed by atoms with Crippen LogP contribution in [-0.4, -0.2) is 6.03 Å². The number of carbonyl (C=O) groups is 1. The molecular weight excluding hydrogens is 188 g/mol. The predicted molar refractivity (Wildman–Crippen MR) is 59.3 cm³/mol. The van der Waals surface area contributed by atoms with Gasteiger partial charge in [0.2, 0.25) is 0 Å². The molecule has 3 heteroatoms. The molecule has 15 heavy (non-hydrogen) atoms. The van der Waals surface area contributed by atoms with Gasteiger partial charge in [0.15, 0.2) is 0 Å². The monoisotopic (exact) mass is 199 g/mol. The molecule has 2 rings (SSSR count). The first kappa shape index (κ1) is 9.52. The number of nitrogens with one attached hydrogen (secondary N) is 2. The lowest BCUT2D eigenvalue weighted by Gasteiger charge is -2.05. The maximum Gasteiger partial charge on any atom is 0.333 e. The molecule has 1 radical (unpaired) electrons. The number of fused-ring (bicyclic) bond motifs is 1. The highest BCUT2D eigenvalue weighted by atomic mass is 16.2. The van der Waals surface area contributed by atoms with Gasteiger partial charge in [0.1, 0.15) is 0 Å². The van der Waals surface area contributed by atoms with Crippen molar-refractivity contribution in [3.63, 3.8) is 0 Å². The first-order chi connectivity index (χ1) is 7.27. The Morgan fingerprint density at radius 3 is 2.67 bits per heavy atom. The van der Waals surface area contributed by atoms with Crippen molar-refractivity contribution < 1.29 is 4.79 Å². The van der Waals surface area contributed by atoms with Crippen LogP contribution < -0.4 is 11.1 Å². The van der Waals surface area contributed by atoms with Gasteiger partial charge in [-0.15, -0.1) is 0 Å². The van der Waals surface area contributed by atoms with E-state index >= 15 is 0 Å². The van der Waals surface area contributed by atoms with E-state index in [1.165, 1.54) is 0 Å². The van der Waals surface area contributed by atoms with Crippen LogP contribution >= 0.6 is 0 Å². The summed E-state index contributed by atoms with van der Waals surface area (Å²) in [5.74, 6) is 0. The molecule has 0 bridgehead atoms. The minimum Gasteiger partial charge on any atom is -0.333 e. The summed E-state index contributed by atoms with van der Waals surface area (Å²) in [5, 5.41) is 4.75. The third-order valence-corrected chi connectivity index (χ3v) is 2.32. The van der Waals surface area contributed by atoms with Gasteiger partial charge in [0, 0.05) is 6.54 Å². The van der Waals surface area contributed by atoms with Gasteiger partial charge in [-0.05, 0) is 16.3 Å². The van der Waals surface area contributed by atoms with Crippen molar-refractivity contribution in [2.45, 2.75) is 6.54 Å². The van der Waals surface area contributed by atoms with Crippen LogP contribution in [0.3, 0.4) is 0 Å². The van der Waals surface area contributed by atoms with Crippen LogP contribution in [0, 0.1) is 0 Å². The van der Waals surface area contributed by atoms with Gasteiger partial charge < -0.3 is 5.32 Å². The van der Waals surface area contributed by atoms with E-state index in [9.17, 15) is 4.79 Å². The van der Waals surface area contributed by atoms with Gasteiger partial charge in [-0.2, -0.15) is 0 Å². The van der Waals surface area contributed by atoms with Gasteiger partial charge in [-0.1, -0.05) is 42.5 Å². The number of urea groups is 1. The normalized spacial score (nSPS) is 10.1. The second-order valence-corrected chi connectivity index (χ2v) is 3.32. The fourth-order valence-electron chi connectivity index (χ4n) is 1.62. The molecule has 2 amide bonds. The number of benzene rings is 2. The zero-order valence-corrected chi connectivity index (χ0v) is 8.16. The van der Waals surface area contributed by atoms with Crippen molar-refractivity contribution in [2.75, 3.05) is 0 Å². The number of carbonyl (C=O) groups excluding carboxylic acids is 1. The van der Waals surface area contributed by atoms with Crippen LogP contribution in [0.4, 0.5) is 4.79 Å². The second-order valence-electron chi connectivity index (χ2n) is 3.32. The van der Waals surface area contributed by atoms with Crippen LogP contribution in [0.25, 0.3) is 10.8 Å². The highest BCUT2D eigenvalue weighted by molar-refractivity contribution is 5.86. The molecule has 0 fully saturated rings. The van der Waals surface area contributed by atoms with Crippen LogP contribution in [-0.2, 0) is 6.54 Å². The second kappa shape index (κ2) is 4.00. The largest absolute Gasteiger partial charge is 0.333 e. The summed E-state index contributed by atoms with van der Waals surface area (Å²) in [6.07, 6.45) is 0. The zero-order chi connectivity index (χ0) is 10.7. The molecule has 0 heterocycles. The van der Waals surface area contributed by atoms with E-state index in [1.807, 2.05) is 42.5 Å². The standard InChI is InChI=1S/C12H11N2O/c13-12(15)14-8-10-6-3-5-9-4-1-2-7-11(9)10/h1-7,13H,8H2,(H,14,15). The Kier molecular flexibility index (Phi) is 2.54. The van der Waals surface area contributed by atoms with Crippen molar-refractivity contribution in [1.29, 1.82) is 0 Å². The summed E-state index contributed by atoms with van der Waals surface area (Å²) in [7, 11) is 0. The minimum atomic E-state index is -0.747. The van der Waals surface area contributed by atoms with Crippen molar-refractivity contribution in [1.82, 2.24) is 11.1 Å². The van der Waals surface area contributed by atoms with Crippen LogP contribution in [0.15, 0.2) is 42.5 Å². The SMILES string of the molecule is [NH]C(=O)NCc1cccc2ccccc12. The number of rotatable bonds is 2. The van der Waals surface area contributed by atoms with Crippen molar-refractivity contribution >= 4 is 16.8 Å². The molecule has 3 nitrogen and oxygen atoms in total. The summed E-state index contributed by atoms with van der Waals surface area (Å²) in [6, 6.07) is 13.2. The lowest BCUT2D eigenvalue weighted by Crippen LogP contribution is -2.21. The van der Waals surface area contributed by atoms with E-state index in [4.69, 9.17) is 5.73 Å². The van der Waals surface area contributed by atoms with Crippen molar-refractivity contribution in [2.24, 2.45) is 0 Å². The van der Waals surface area contributed by atoms with E-state index in [0.29, 0.717) is 6.54 Å².